The zero-order chi connectivity index (χ0) is 19.2. The van der Waals surface area contributed by atoms with Gasteiger partial charge in [-0.2, -0.15) is 0 Å². The number of carbonyl (C=O) groups is 2. The van der Waals surface area contributed by atoms with Crippen LogP contribution in [-0.2, 0) is 9.53 Å². The molecular formula is C20H17ClN2O4. The van der Waals surface area contributed by atoms with Crippen LogP contribution in [0.25, 0.3) is 11.3 Å². The number of aromatic nitrogens is 1. The number of carbonyl (C=O) groups excluding carboxylic acids is 2. The van der Waals surface area contributed by atoms with Gasteiger partial charge in [0.1, 0.15) is 5.69 Å². The highest BCUT2D eigenvalue weighted by atomic mass is 35.5. The van der Waals surface area contributed by atoms with Gasteiger partial charge in [-0.3, -0.25) is 9.59 Å². The lowest BCUT2D eigenvalue weighted by Crippen LogP contribution is -2.30. The van der Waals surface area contributed by atoms with Gasteiger partial charge >= 0.3 is 5.97 Å². The molecule has 0 fully saturated rings. The molecule has 6 nitrogen and oxygen atoms in total. The monoisotopic (exact) mass is 384 g/mol. The molecule has 0 saturated carbocycles. The lowest BCUT2D eigenvalue weighted by molar-refractivity contribution is -0.141. The maximum Gasteiger partial charge on any atom is 0.307 e. The van der Waals surface area contributed by atoms with Crippen LogP contribution in [0, 0.1) is 0 Å². The Hall–Kier alpha value is -3.12. The number of amides is 1. The molecule has 27 heavy (non-hydrogen) atoms. The fraction of sp³-hybridized carbons (Fsp3) is 0.150. The normalized spacial score (nSPS) is 11.6. The van der Waals surface area contributed by atoms with Crippen molar-refractivity contribution in [1.82, 2.24) is 10.5 Å². The lowest BCUT2D eigenvalue weighted by Gasteiger charge is -2.17. The van der Waals surface area contributed by atoms with Crippen molar-refractivity contribution in [3.8, 4) is 11.3 Å². The highest BCUT2D eigenvalue weighted by Crippen LogP contribution is 2.22. The van der Waals surface area contributed by atoms with E-state index in [0.29, 0.717) is 10.7 Å². The van der Waals surface area contributed by atoms with Crippen molar-refractivity contribution in [1.29, 1.82) is 0 Å². The number of nitrogens with one attached hydrogen (secondary N) is 1. The molecule has 138 valence electrons. The van der Waals surface area contributed by atoms with Gasteiger partial charge in [-0.05, 0) is 17.7 Å². The molecule has 1 N–H and O–H groups in total. The zero-order valence-corrected chi connectivity index (χ0v) is 15.3. The molecule has 3 aromatic rings. The summed E-state index contributed by atoms with van der Waals surface area (Å²) in [5.41, 5.74) is 2.11. The standard InChI is InChI=1S/C20H17ClN2O4/c1-26-19(24)12-16(14-7-9-15(21)10-8-14)22-20(25)18-11-17(23-27-18)13-5-3-2-4-6-13/h2-11,16H,12H2,1H3,(H,22,25). The van der Waals surface area contributed by atoms with E-state index in [1.807, 2.05) is 30.3 Å². The molecule has 2 aromatic carbocycles. The molecule has 1 unspecified atom stereocenters. The molecule has 0 bridgehead atoms. The zero-order valence-electron chi connectivity index (χ0n) is 14.5. The topological polar surface area (TPSA) is 81.4 Å². The van der Waals surface area contributed by atoms with Crippen molar-refractivity contribution in [2.45, 2.75) is 12.5 Å². The third-order valence-corrected chi connectivity index (χ3v) is 4.23. The first-order chi connectivity index (χ1) is 13.1. The smallest absolute Gasteiger partial charge is 0.307 e. The molecule has 0 spiro atoms. The molecule has 3 rings (SSSR count). The van der Waals surface area contributed by atoms with E-state index in [9.17, 15) is 9.59 Å². The maximum absolute atomic E-state index is 12.6. The predicted molar refractivity (Wildman–Crippen MR) is 100 cm³/mol. The second-order valence-corrected chi connectivity index (χ2v) is 6.24. The largest absolute Gasteiger partial charge is 0.469 e. The second-order valence-electron chi connectivity index (χ2n) is 5.80. The van der Waals surface area contributed by atoms with Crippen LogP contribution in [0.15, 0.2) is 65.2 Å². The summed E-state index contributed by atoms with van der Waals surface area (Å²) in [6.07, 6.45) is -0.0243. The number of hydrogen-bond acceptors (Lipinski definition) is 5. The summed E-state index contributed by atoms with van der Waals surface area (Å²) in [5.74, 6) is -0.871. The van der Waals surface area contributed by atoms with Crippen LogP contribution >= 0.6 is 11.6 Å². The number of benzene rings is 2. The highest BCUT2D eigenvalue weighted by molar-refractivity contribution is 6.30. The Morgan fingerprint density at radius 3 is 2.52 bits per heavy atom. The van der Waals surface area contributed by atoms with Crippen LogP contribution in [0.2, 0.25) is 5.02 Å². The molecule has 1 heterocycles. The van der Waals surface area contributed by atoms with Crippen LogP contribution in [0.5, 0.6) is 0 Å². The van der Waals surface area contributed by atoms with Gasteiger partial charge in [-0.15, -0.1) is 0 Å². The Morgan fingerprint density at radius 1 is 1.15 bits per heavy atom. The first-order valence-corrected chi connectivity index (χ1v) is 8.60. The highest BCUT2D eigenvalue weighted by Gasteiger charge is 2.22. The van der Waals surface area contributed by atoms with Gasteiger partial charge < -0.3 is 14.6 Å². The van der Waals surface area contributed by atoms with Crippen LogP contribution in [0.3, 0.4) is 0 Å². The van der Waals surface area contributed by atoms with E-state index in [4.69, 9.17) is 20.9 Å². The van der Waals surface area contributed by atoms with Gasteiger partial charge in [0.15, 0.2) is 0 Å². The van der Waals surface area contributed by atoms with Crippen molar-refractivity contribution in [3.05, 3.63) is 77.0 Å². The molecule has 0 aliphatic heterocycles. The van der Waals surface area contributed by atoms with Gasteiger partial charge in [0.05, 0.1) is 19.6 Å². The summed E-state index contributed by atoms with van der Waals surface area (Å²) >= 11 is 5.91. The number of hydrogen-bond donors (Lipinski definition) is 1. The summed E-state index contributed by atoms with van der Waals surface area (Å²) in [5, 5.41) is 7.27. The molecule has 1 atom stereocenters. The Morgan fingerprint density at radius 2 is 1.85 bits per heavy atom. The minimum atomic E-state index is -0.590. The number of esters is 1. The van der Waals surface area contributed by atoms with Crippen LogP contribution in [0.1, 0.15) is 28.6 Å². The molecule has 0 aliphatic rings. The third kappa shape index (κ3) is 4.74. The summed E-state index contributed by atoms with van der Waals surface area (Å²) in [6.45, 7) is 0. The van der Waals surface area contributed by atoms with E-state index >= 15 is 0 Å². The fourth-order valence-electron chi connectivity index (χ4n) is 2.55. The minimum absolute atomic E-state index is 0.0243. The van der Waals surface area contributed by atoms with Crippen LogP contribution in [0.4, 0.5) is 0 Å². The Labute approximate surface area is 161 Å². The van der Waals surface area contributed by atoms with Gasteiger partial charge in [-0.25, -0.2) is 0 Å². The quantitative estimate of drug-likeness (QED) is 0.649. The molecule has 0 aliphatic carbocycles. The van der Waals surface area contributed by atoms with Crippen LogP contribution in [-0.4, -0.2) is 24.1 Å². The summed E-state index contributed by atoms with van der Waals surface area (Å²) in [4.78, 5) is 24.3. The molecule has 0 radical (unpaired) electrons. The molecule has 1 aromatic heterocycles. The molecular weight excluding hydrogens is 368 g/mol. The predicted octanol–water partition coefficient (Wildman–Crippen LogP) is 4.03. The average Bonchev–Trinajstić information content (AvgIpc) is 3.19. The third-order valence-electron chi connectivity index (χ3n) is 3.98. The lowest BCUT2D eigenvalue weighted by atomic mass is 10.0. The van der Waals surface area contributed by atoms with Crippen molar-refractivity contribution >= 4 is 23.5 Å². The summed E-state index contributed by atoms with van der Waals surface area (Å²) < 4.78 is 9.89. The number of halogens is 1. The van der Waals surface area contributed by atoms with E-state index in [1.54, 1.807) is 30.3 Å². The van der Waals surface area contributed by atoms with Gasteiger partial charge in [0, 0.05) is 16.7 Å². The van der Waals surface area contributed by atoms with Crippen molar-refractivity contribution < 1.29 is 18.8 Å². The van der Waals surface area contributed by atoms with Crippen LogP contribution < -0.4 is 5.32 Å². The first kappa shape index (κ1) is 18.7. The van der Waals surface area contributed by atoms with E-state index in [0.717, 1.165) is 11.1 Å². The first-order valence-electron chi connectivity index (χ1n) is 8.22. The van der Waals surface area contributed by atoms with Gasteiger partial charge in [0.25, 0.3) is 5.91 Å². The second kappa shape index (κ2) is 8.51. The van der Waals surface area contributed by atoms with Crippen molar-refractivity contribution in [3.63, 3.8) is 0 Å². The Kier molecular flexibility index (Phi) is 5.88. The molecule has 0 saturated heterocycles. The number of ether oxygens (including phenoxy) is 1. The Bertz CT molecular complexity index is 923. The number of methoxy groups -OCH3 is 1. The van der Waals surface area contributed by atoms with E-state index in [1.165, 1.54) is 7.11 Å². The van der Waals surface area contributed by atoms with E-state index in [2.05, 4.69) is 10.5 Å². The number of nitrogens with zero attached hydrogens (tertiary/aromatic N) is 1. The van der Waals surface area contributed by atoms with Gasteiger partial charge in [-0.1, -0.05) is 59.2 Å². The van der Waals surface area contributed by atoms with E-state index in [-0.39, 0.29) is 12.2 Å². The van der Waals surface area contributed by atoms with Gasteiger partial charge in [0.2, 0.25) is 5.76 Å². The van der Waals surface area contributed by atoms with E-state index < -0.39 is 17.9 Å². The molecule has 1 amide bonds. The summed E-state index contributed by atoms with van der Waals surface area (Å²) in [6, 6.07) is 17.2. The number of rotatable bonds is 6. The maximum atomic E-state index is 12.6. The van der Waals surface area contributed by atoms with Crippen molar-refractivity contribution in [2.75, 3.05) is 7.11 Å². The SMILES string of the molecule is COC(=O)CC(NC(=O)c1cc(-c2ccccc2)no1)c1ccc(Cl)cc1. The summed E-state index contributed by atoms with van der Waals surface area (Å²) in [7, 11) is 1.30. The minimum Gasteiger partial charge on any atom is -0.469 e. The van der Waals surface area contributed by atoms with Crippen molar-refractivity contribution in [2.24, 2.45) is 0 Å². The fourth-order valence-corrected chi connectivity index (χ4v) is 2.68. The Balaban J connectivity index is 1.79. The molecule has 7 heteroatoms. The average molecular weight is 385 g/mol.